The predicted octanol–water partition coefficient (Wildman–Crippen LogP) is 6.51. The summed E-state index contributed by atoms with van der Waals surface area (Å²) in [5.41, 5.74) is 4.06. The minimum absolute atomic E-state index is 0.417. The SMILES string of the molecule is CCCCc1ccc(-c2ccc(-c3cc(F)c(C#N)c(F)c3)cc2)cc1. The van der Waals surface area contributed by atoms with Crippen LogP contribution in [0.4, 0.5) is 8.78 Å². The Balaban J connectivity index is 1.84. The summed E-state index contributed by atoms with van der Waals surface area (Å²) in [6.07, 6.45) is 3.46. The van der Waals surface area contributed by atoms with Gasteiger partial charge in [0.15, 0.2) is 0 Å². The third kappa shape index (κ3) is 3.81. The number of aryl methyl sites for hydroxylation is 1. The molecule has 3 aromatic carbocycles. The Hall–Kier alpha value is -2.99. The minimum Gasteiger partial charge on any atom is -0.205 e. The minimum atomic E-state index is -0.839. The van der Waals surface area contributed by atoms with E-state index in [1.807, 2.05) is 24.3 Å². The number of rotatable bonds is 5. The van der Waals surface area contributed by atoms with Crippen LogP contribution in [0.1, 0.15) is 30.9 Å². The van der Waals surface area contributed by atoms with Gasteiger partial charge < -0.3 is 0 Å². The van der Waals surface area contributed by atoms with Crippen molar-refractivity contribution in [2.45, 2.75) is 26.2 Å². The van der Waals surface area contributed by atoms with Gasteiger partial charge in [0.2, 0.25) is 0 Å². The highest BCUT2D eigenvalue weighted by atomic mass is 19.1. The van der Waals surface area contributed by atoms with Crippen LogP contribution in [0.15, 0.2) is 60.7 Å². The maximum absolute atomic E-state index is 13.8. The van der Waals surface area contributed by atoms with Crippen molar-refractivity contribution in [1.29, 1.82) is 5.26 Å². The molecule has 130 valence electrons. The highest BCUT2D eigenvalue weighted by Crippen LogP contribution is 2.27. The van der Waals surface area contributed by atoms with Gasteiger partial charge in [-0.25, -0.2) is 8.78 Å². The summed E-state index contributed by atoms with van der Waals surface area (Å²) in [4.78, 5) is 0. The van der Waals surface area contributed by atoms with Gasteiger partial charge in [0.25, 0.3) is 0 Å². The van der Waals surface area contributed by atoms with Gasteiger partial charge in [0.05, 0.1) is 0 Å². The van der Waals surface area contributed by atoms with E-state index in [-0.39, 0.29) is 0 Å². The van der Waals surface area contributed by atoms with Crippen LogP contribution in [0.5, 0.6) is 0 Å². The van der Waals surface area contributed by atoms with Crippen LogP contribution in [-0.2, 0) is 6.42 Å². The van der Waals surface area contributed by atoms with Crippen molar-refractivity contribution in [1.82, 2.24) is 0 Å². The van der Waals surface area contributed by atoms with Crippen LogP contribution in [-0.4, -0.2) is 0 Å². The molecule has 0 aromatic heterocycles. The summed E-state index contributed by atoms with van der Waals surface area (Å²) >= 11 is 0. The van der Waals surface area contributed by atoms with Crippen molar-refractivity contribution < 1.29 is 8.78 Å². The summed E-state index contributed by atoms with van der Waals surface area (Å²) in [7, 11) is 0. The van der Waals surface area contributed by atoms with Gasteiger partial charge >= 0.3 is 0 Å². The molecule has 0 radical (unpaired) electrons. The second kappa shape index (κ2) is 7.93. The zero-order valence-electron chi connectivity index (χ0n) is 14.6. The van der Waals surface area contributed by atoms with Gasteiger partial charge in [-0.3, -0.25) is 0 Å². The van der Waals surface area contributed by atoms with Crippen molar-refractivity contribution in [3.8, 4) is 28.3 Å². The monoisotopic (exact) mass is 347 g/mol. The standard InChI is InChI=1S/C23H19F2N/c1-2-3-4-16-5-7-17(8-6-16)18-9-11-19(12-10-18)20-13-22(24)21(15-26)23(25)14-20/h5-14H,2-4H2,1H3. The molecule has 0 N–H and O–H groups in total. The molecule has 0 spiro atoms. The van der Waals surface area contributed by atoms with Gasteiger partial charge in [-0.15, -0.1) is 0 Å². The van der Waals surface area contributed by atoms with Crippen molar-refractivity contribution in [3.05, 3.63) is 83.4 Å². The summed E-state index contributed by atoms with van der Waals surface area (Å²) in [5.74, 6) is -1.68. The molecule has 0 aliphatic carbocycles. The highest BCUT2D eigenvalue weighted by molar-refractivity contribution is 5.71. The van der Waals surface area contributed by atoms with Gasteiger partial charge in [0, 0.05) is 0 Å². The van der Waals surface area contributed by atoms with E-state index in [1.165, 1.54) is 36.6 Å². The van der Waals surface area contributed by atoms with E-state index < -0.39 is 17.2 Å². The Morgan fingerprint density at radius 1 is 0.769 bits per heavy atom. The zero-order chi connectivity index (χ0) is 18.5. The average molecular weight is 347 g/mol. The van der Waals surface area contributed by atoms with Crippen molar-refractivity contribution in [3.63, 3.8) is 0 Å². The highest BCUT2D eigenvalue weighted by Gasteiger charge is 2.11. The number of nitriles is 1. The Morgan fingerprint density at radius 2 is 1.23 bits per heavy atom. The zero-order valence-corrected chi connectivity index (χ0v) is 14.6. The Kier molecular flexibility index (Phi) is 5.43. The first kappa shape index (κ1) is 17.8. The first-order valence-corrected chi connectivity index (χ1v) is 8.71. The molecular formula is C23H19F2N. The Bertz CT molecular complexity index is 912. The molecule has 0 unspecified atom stereocenters. The fraction of sp³-hybridized carbons (Fsp3) is 0.174. The number of nitrogens with zero attached hydrogens (tertiary/aromatic N) is 1. The molecule has 0 fully saturated rings. The van der Waals surface area contributed by atoms with E-state index in [9.17, 15) is 8.78 Å². The van der Waals surface area contributed by atoms with Crippen molar-refractivity contribution >= 4 is 0 Å². The van der Waals surface area contributed by atoms with E-state index in [1.54, 1.807) is 0 Å². The van der Waals surface area contributed by atoms with Crippen LogP contribution in [0.25, 0.3) is 22.3 Å². The molecular weight excluding hydrogens is 328 g/mol. The van der Waals surface area contributed by atoms with Crippen LogP contribution in [0.2, 0.25) is 0 Å². The van der Waals surface area contributed by atoms with Crippen molar-refractivity contribution in [2.75, 3.05) is 0 Å². The molecule has 3 aromatic rings. The summed E-state index contributed by atoms with van der Waals surface area (Å²) in [6, 6.07) is 19.9. The smallest absolute Gasteiger partial charge is 0.144 e. The van der Waals surface area contributed by atoms with Gasteiger partial charge in [-0.05, 0) is 52.8 Å². The fourth-order valence-corrected chi connectivity index (χ4v) is 2.95. The molecule has 3 rings (SSSR count). The molecule has 0 saturated carbocycles. The summed E-state index contributed by atoms with van der Waals surface area (Å²) < 4.78 is 27.6. The molecule has 0 atom stereocenters. The predicted molar refractivity (Wildman–Crippen MR) is 101 cm³/mol. The second-order valence-electron chi connectivity index (χ2n) is 6.30. The molecule has 0 saturated heterocycles. The van der Waals surface area contributed by atoms with E-state index >= 15 is 0 Å². The Labute approximate surface area is 152 Å². The third-order valence-corrected chi connectivity index (χ3v) is 4.48. The topological polar surface area (TPSA) is 23.8 Å². The lowest BCUT2D eigenvalue weighted by Gasteiger charge is -2.07. The lowest BCUT2D eigenvalue weighted by Crippen LogP contribution is -1.92. The molecule has 0 heterocycles. The first-order chi connectivity index (χ1) is 12.6. The molecule has 0 bridgehead atoms. The van der Waals surface area contributed by atoms with Gasteiger partial charge in [-0.1, -0.05) is 61.9 Å². The number of benzene rings is 3. The molecule has 0 amide bonds. The molecule has 0 aliphatic rings. The van der Waals surface area contributed by atoms with Gasteiger partial charge in [0.1, 0.15) is 23.3 Å². The maximum atomic E-state index is 13.8. The van der Waals surface area contributed by atoms with Crippen LogP contribution < -0.4 is 0 Å². The molecule has 1 nitrogen and oxygen atoms in total. The summed E-state index contributed by atoms with van der Waals surface area (Å²) in [5, 5.41) is 8.76. The van der Waals surface area contributed by atoms with Crippen molar-refractivity contribution in [2.24, 2.45) is 0 Å². The maximum Gasteiger partial charge on any atom is 0.144 e. The van der Waals surface area contributed by atoms with E-state index in [0.717, 1.165) is 17.5 Å². The lowest BCUT2D eigenvalue weighted by atomic mass is 9.98. The molecule has 26 heavy (non-hydrogen) atoms. The average Bonchev–Trinajstić information content (AvgIpc) is 2.67. The van der Waals surface area contributed by atoms with Crippen LogP contribution in [0, 0.1) is 23.0 Å². The van der Waals surface area contributed by atoms with E-state index in [2.05, 4.69) is 31.2 Å². The number of unbranched alkanes of at least 4 members (excludes halogenated alkanes) is 1. The Morgan fingerprint density at radius 3 is 1.69 bits per heavy atom. The largest absolute Gasteiger partial charge is 0.205 e. The van der Waals surface area contributed by atoms with Crippen LogP contribution in [0.3, 0.4) is 0 Å². The molecule has 3 heteroatoms. The van der Waals surface area contributed by atoms with Gasteiger partial charge in [-0.2, -0.15) is 5.26 Å². The van der Waals surface area contributed by atoms with E-state index in [4.69, 9.17) is 5.26 Å². The molecule has 0 aliphatic heterocycles. The van der Waals surface area contributed by atoms with E-state index in [0.29, 0.717) is 11.1 Å². The first-order valence-electron chi connectivity index (χ1n) is 8.71. The quantitative estimate of drug-likeness (QED) is 0.516. The number of hydrogen-bond acceptors (Lipinski definition) is 1. The number of hydrogen-bond donors (Lipinski definition) is 0. The number of halogens is 2. The fourth-order valence-electron chi connectivity index (χ4n) is 2.95. The lowest BCUT2D eigenvalue weighted by molar-refractivity contribution is 0.577. The van der Waals surface area contributed by atoms with Crippen LogP contribution >= 0.6 is 0 Å². The second-order valence-corrected chi connectivity index (χ2v) is 6.30. The third-order valence-electron chi connectivity index (χ3n) is 4.48. The normalized spacial score (nSPS) is 10.5. The summed E-state index contributed by atoms with van der Waals surface area (Å²) in [6.45, 7) is 2.18.